The molecule has 0 amide bonds. The molecule has 2 aromatic carbocycles. The van der Waals surface area contributed by atoms with Crippen LogP contribution in [0.1, 0.15) is 45.2 Å². The second-order valence-corrected chi connectivity index (χ2v) is 8.27. The minimum atomic E-state index is 0.282. The molecule has 0 unspecified atom stereocenters. The number of rotatable bonds is 6. The number of aryl methyl sites for hydroxylation is 1. The number of allylic oxidation sites excluding steroid dienone is 3. The molecule has 0 spiro atoms. The second kappa shape index (κ2) is 11.6. The quantitative estimate of drug-likeness (QED) is 0.370. The van der Waals surface area contributed by atoms with Gasteiger partial charge in [0.2, 0.25) is 0 Å². The Morgan fingerprint density at radius 3 is 2.04 bits per heavy atom. The van der Waals surface area contributed by atoms with Crippen molar-refractivity contribution in [3.8, 4) is 0 Å². The zero-order valence-corrected chi connectivity index (χ0v) is 17.5. The lowest BCUT2D eigenvalue weighted by atomic mass is 9.86. The molecule has 0 radical (unpaired) electrons. The van der Waals surface area contributed by atoms with Crippen LogP contribution in [0.2, 0.25) is 0 Å². The molecule has 0 aliphatic rings. The number of thioether (sulfide) groups is 1. The van der Waals surface area contributed by atoms with Gasteiger partial charge in [-0.2, -0.15) is 0 Å². The number of hydrogen-bond acceptors (Lipinski definition) is 1. The van der Waals surface area contributed by atoms with E-state index in [1.54, 1.807) is 17.8 Å². The normalized spacial score (nSPS) is 11.3. The number of benzene rings is 2. The average molecular weight is 365 g/mol. The Bertz CT molecular complexity index is 685. The molecule has 0 aromatic heterocycles. The zero-order valence-electron chi connectivity index (χ0n) is 16.7. The van der Waals surface area contributed by atoms with E-state index in [-0.39, 0.29) is 5.41 Å². The molecule has 26 heavy (non-hydrogen) atoms. The van der Waals surface area contributed by atoms with Crippen LogP contribution in [0.3, 0.4) is 0 Å². The Morgan fingerprint density at radius 2 is 1.58 bits per heavy atom. The fourth-order valence-corrected chi connectivity index (χ4v) is 3.16. The maximum absolute atomic E-state index is 3.74. The molecule has 2 rings (SSSR count). The first-order valence-electron chi connectivity index (χ1n) is 9.18. The Labute approximate surface area is 164 Å². The maximum atomic E-state index is 3.74. The molecule has 0 atom stereocenters. The molecule has 0 heterocycles. The zero-order chi connectivity index (χ0) is 19.4. The summed E-state index contributed by atoms with van der Waals surface area (Å²) in [6.07, 6.45) is 7.98. The van der Waals surface area contributed by atoms with Crippen LogP contribution in [0.15, 0.2) is 95.8 Å². The van der Waals surface area contributed by atoms with Crippen molar-refractivity contribution in [1.82, 2.24) is 0 Å². The van der Waals surface area contributed by atoms with Crippen molar-refractivity contribution >= 4 is 11.8 Å². The summed E-state index contributed by atoms with van der Waals surface area (Å²) in [7, 11) is 0. The molecule has 0 nitrogen and oxygen atoms in total. The van der Waals surface area contributed by atoms with Gasteiger partial charge >= 0.3 is 0 Å². The van der Waals surface area contributed by atoms with E-state index in [1.807, 2.05) is 30.4 Å². The molecule has 0 fully saturated rings. The van der Waals surface area contributed by atoms with Gasteiger partial charge in [0.25, 0.3) is 0 Å². The van der Waals surface area contributed by atoms with Gasteiger partial charge in [-0.25, -0.2) is 0 Å². The van der Waals surface area contributed by atoms with Crippen molar-refractivity contribution in [3.05, 3.63) is 102 Å². The summed E-state index contributed by atoms with van der Waals surface area (Å²) < 4.78 is 0. The highest BCUT2D eigenvalue weighted by molar-refractivity contribution is 8.03. The van der Waals surface area contributed by atoms with Crippen LogP contribution >= 0.6 is 11.8 Å². The van der Waals surface area contributed by atoms with Gasteiger partial charge in [0.15, 0.2) is 0 Å². The first-order valence-corrected chi connectivity index (χ1v) is 9.99. The molecule has 0 saturated heterocycles. The van der Waals surface area contributed by atoms with Crippen LogP contribution < -0.4 is 0 Å². The van der Waals surface area contributed by atoms with Gasteiger partial charge in [0, 0.05) is 9.80 Å². The van der Waals surface area contributed by atoms with E-state index in [1.165, 1.54) is 28.9 Å². The fourth-order valence-electron chi connectivity index (χ4n) is 2.34. The predicted molar refractivity (Wildman–Crippen MR) is 120 cm³/mol. The first kappa shape index (κ1) is 22.1. The van der Waals surface area contributed by atoms with Crippen LogP contribution in [0.5, 0.6) is 0 Å². The predicted octanol–water partition coefficient (Wildman–Crippen LogP) is 7.97. The molecular formula is C25H32S. The summed E-state index contributed by atoms with van der Waals surface area (Å²) in [6, 6.07) is 19.2. The van der Waals surface area contributed by atoms with E-state index in [9.17, 15) is 0 Å². The summed E-state index contributed by atoms with van der Waals surface area (Å²) in [5, 5.41) is 0. The van der Waals surface area contributed by atoms with Gasteiger partial charge in [0.05, 0.1) is 0 Å². The van der Waals surface area contributed by atoms with Crippen LogP contribution in [0, 0.1) is 0 Å². The molecule has 0 aliphatic carbocycles. The lowest BCUT2D eigenvalue weighted by Crippen LogP contribution is -2.10. The Kier molecular flexibility index (Phi) is 9.83. The maximum Gasteiger partial charge on any atom is 0.0122 e. The van der Waals surface area contributed by atoms with Gasteiger partial charge in [-0.05, 0) is 41.2 Å². The van der Waals surface area contributed by atoms with Crippen LogP contribution in [-0.4, -0.2) is 0 Å². The highest BCUT2D eigenvalue weighted by Crippen LogP contribution is 2.26. The van der Waals surface area contributed by atoms with Crippen molar-refractivity contribution in [3.63, 3.8) is 0 Å². The Balaban J connectivity index is 0.000000260. The first-order chi connectivity index (χ1) is 12.4. The highest BCUT2D eigenvalue weighted by atomic mass is 32.2. The lowest BCUT2D eigenvalue weighted by molar-refractivity contribution is 0.590. The number of hydrogen-bond donors (Lipinski definition) is 0. The van der Waals surface area contributed by atoms with E-state index in [0.717, 1.165) is 4.91 Å². The third-order valence-corrected chi connectivity index (χ3v) is 4.87. The Morgan fingerprint density at radius 1 is 0.962 bits per heavy atom. The Hall–Kier alpha value is -1.99. The minimum absolute atomic E-state index is 0.282. The molecule has 0 N–H and O–H groups in total. The molecule has 2 aromatic rings. The largest absolute Gasteiger partial charge is 0.0990 e. The molecule has 1 heteroatoms. The fraction of sp³-hybridized carbons (Fsp3) is 0.280. The molecule has 0 saturated carbocycles. The standard InChI is InChI=1S/C13H20.C12H12S/c1-5-6-11-7-9-12(10-8-11)13(2,3)4;1-3-8-11(4-2)13-12-9-6-5-7-10-12/h7-10H,5-6H2,1-4H3;3-10H,1-2H2/b;11-8+. The summed E-state index contributed by atoms with van der Waals surface area (Å²) in [5.41, 5.74) is 3.16. The monoisotopic (exact) mass is 364 g/mol. The topological polar surface area (TPSA) is 0 Å². The lowest BCUT2D eigenvalue weighted by Gasteiger charge is -2.19. The van der Waals surface area contributed by atoms with Crippen LogP contribution in [0.4, 0.5) is 0 Å². The molecule has 0 bridgehead atoms. The van der Waals surface area contributed by atoms with E-state index in [4.69, 9.17) is 0 Å². The van der Waals surface area contributed by atoms with Gasteiger partial charge < -0.3 is 0 Å². The van der Waals surface area contributed by atoms with Crippen molar-refractivity contribution in [2.45, 2.75) is 50.8 Å². The van der Waals surface area contributed by atoms with Crippen LogP contribution in [-0.2, 0) is 11.8 Å². The minimum Gasteiger partial charge on any atom is -0.0990 e. The van der Waals surface area contributed by atoms with E-state index >= 15 is 0 Å². The highest BCUT2D eigenvalue weighted by Gasteiger charge is 2.12. The van der Waals surface area contributed by atoms with Gasteiger partial charge in [0.1, 0.15) is 0 Å². The summed E-state index contributed by atoms with van der Waals surface area (Å²) in [6.45, 7) is 16.4. The summed E-state index contributed by atoms with van der Waals surface area (Å²) in [4.78, 5) is 2.33. The third-order valence-electron chi connectivity index (χ3n) is 3.82. The van der Waals surface area contributed by atoms with Gasteiger partial charge in [-0.1, -0.05) is 114 Å². The van der Waals surface area contributed by atoms with E-state index in [0.29, 0.717) is 0 Å². The molecule has 138 valence electrons. The van der Waals surface area contributed by atoms with Crippen molar-refractivity contribution < 1.29 is 0 Å². The SMILES string of the molecule is C=C/C=C(\C=C)Sc1ccccc1.CCCc1ccc(C(C)(C)C)cc1. The van der Waals surface area contributed by atoms with Crippen molar-refractivity contribution in [2.75, 3.05) is 0 Å². The van der Waals surface area contributed by atoms with Crippen molar-refractivity contribution in [1.29, 1.82) is 0 Å². The summed E-state index contributed by atoms with van der Waals surface area (Å²) in [5.74, 6) is 0. The van der Waals surface area contributed by atoms with E-state index in [2.05, 4.69) is 77.3 Å². The second-order valence-electron chi connectivity index (χ2n) is 7.12. The van der Waals surface area contributed by atoms with E-state index < -0.39 is 0 Å². The molecule has 0 aliphatic heterocycles. The van der Waals surface area contributed by atoms with Gasteiger partial charge in [-0.3, -0.25) is 0 Å². The average Bonchev–Trinajstić information content (AvgIpc) is 2.63. The third kappa shape index (κ3) is 8.40. The summed E-state index contributed by atoms with van der Waals surface area (Å²) >= 11 is 1.69. The van der Waals surface area contributed by atoms with Crippen molar-refractivity contribution in [2.24, 2.45) is 0 Å². The van der Waals surface area contributed by atoms with Gasteiger partial charge in [-0.15, -0.1) is 0 Å². The van der Waals surface area contributed by atoms with Crippen LogP contribution in [0.25, 0.3) is 0 Å². The molecular weight excluding hydrogens is 332 g/mol. The smallest absolute Gasteiger partial charge is 0.0122 e.